The van der Waals surface area contributed by atoms with Gasteiger partial charge in [0.25, 0.3) is 5.91 Å². The van der Waals surface area contributed by atoms with Crippen molar-refractivity contribution < 1.29 is 14.3 Å². The Labute approximate surface area is 181 Å². The van der Waals surface area contributed by atoms with Crippen LogP contribution in [0.2, 0.25) is 0 Å². The quantitative estimate of drug-likeness (QED) is 0.385. The van der Waals surface area contributed by atoms with Crippen LogP contribution in [0.15, 0.2) is 46.3 Å². The van der Waals surface area contributed by atoms with E-state index in [1.54, 1.807) is 23.1 Å². The van der Waals surface area contributed by atoms with Gasteiger partial charge in [0.2, 0.25) is 0 Å². The lowest BCUT2D eigenvalue weighted by Crippen LogP contribution is -2.28. The summed E-state index contributed by atoms with van der Waals surface area (Å²) in [5.74, 6) is -0.341. The molecule has 1 fully saturated rings. The highest BCUT2D eigenvalue weighted by Crippen LogP contribution is 2.36. The number of rotatable bonds is 3. The predicted octanol–water partition coefficient (Wildman–Crippen LogP) is 5.36. The molecule has 2 aromatic carbocycles. The van der Waals surface area contributed by atoms with Crippen molar-refractivity contribution in [3.8, 4) is 5.75 Å². The maximum atomic E-state index is 13.1. The van der Waals surface area contributed by atoms with Crippen LogP contribution in [0, 0.1) is 13.0 Å². The number of hydrogen-bond donors (Lipinski definition) is 1. The molecule has 0 atom stereocenters. The maximum absolute atomic E-state index is 13.1. The van der Waals surface area contributed by atoms with E-state index in [0.29, 0.717) is 27.9 Å². The Morgan fingerprint density at radius 1 is 1.27 bits per heavy atom. The van der Waals surface area contributed by atoms with Crippen molar-refractivity contribution in [1.82, 2.24) is 4.90 Å². The van der Waals surface area contributed by atoms with Crippen molar-refractivity contribution in [2.24, 2.45) is 4.99 Å². The number of benzene rings is 2. The molecule has 0 radical (unpaired) electrons. The highest BCUT2D eigenvalue weighted by Gasteiger charge is 2.32. The molecule has 3 rings (SSSR count). The van der Waals surface area contributed by atoms with Gasteiger partial charge in [0.05, 0.1) is 14.2 Å². The van der Waals surface area contributed by atoms with Gasteiger partial charge in [0, 0.05) is 15.7 Å². The van der Waals surface area contributed by atoms with Crippen molar-refractivity contribution in [2.45, 2.75) is 6.92 Å². The largest absolute Gasteiger partial charge is 0.506 e. The van der Waals surface area contributed by atoms with Crippen molar-refractivity contribution in [2.75, 3.05) is 6.54 Å². The molecule has 2 aromatic rings. The smallest absolute Gasteiger partial charge is 0.266 e. The molecule has 0 saturated carbocycles. The van der Waals surface area contributed by atoms with Crippen LogP contribution in [0.25, 0.3) is 6.08 Å². The molecule has 8 heteroatoms. The predicted molar refractivity (Wildman–Crippen MR) is 120 cm³/mol. The van der Waals surface area contributed by atoms with Gasteiger partial charge in [-0.2, -0.15) is 0 Å². The lowest BCUT2D eigenvalue weighted by atomic mass is 10.2. The topological polar surface area (TPSA) is 52.9 Å². The summed E-state index contributed by atoms with van der Waals surface area (Å²) in [5, 5.41) is 10.8. The molecule has 1 heterocycles. The van der Waals surface area contributed by atoms with E-state index in [2.05, 4.69) is 50.2 Å². The lowest BCUT2D eigenvalue weighted by molar-refractivity contribution is -0.122. The number of aliphatic imine (C=N–C) groups is 1. The molecule has 1 aliphatic rings. The van der Waals surface area contributed by atoms with E-state index in [0.717, 1.165) is 7.14 Å². The van der Waals surface area contributed by atoms with Crippen LogP contribution < -0.4 is 0 Å². The standard InChI is InChI=1S/C18H13FI2N2O2S/c1-2-23-17(25)15(8-10-7-12(20)9-14(21)16(10)24)26-18(23)22-13-5-3-11(19)4-6-13/h3-9,24H,2H2,1H3/b15-8+,22-18?. The molecular formula is C18H13FI2N2O2S. The Morgan fingerprint density at radius 3 is 2.62 bits per heavy atom. The van der Waals surface area contributed by atoms with Gasteiger partial charge in [0.1, 0.15) is 11.6 Å². The summed E-state index contributed by atoms with van der Waals surface area (Å²) in [6.45, 7) is 2.34. The summed E-state index contributed by atoms with van der Waals surface area (Å²) in [7, 11) is 0. The Kier molecular flexibility index (Phi) is 6.23. The van der Waals surface area contributed by atoms with E-state index >= 15 is 0 Å². The minimum Gasteiger partial charge on any atom is -0.506 e. The van der Waals surface area contributed by atoms with E-state index in [9.17, 15) is 14.3 Å². The van der Waals surface area contributed by atoms with Gasteiger partial charge in [-0.25, -0.2) is 9.38 Å². The summed E-state index contributed by atoms with van der Waals surface area (Å²) in [6, 6.07) is 9.49. The van der Waals surface area contributed by atoms with Crippen LogP contribution in [0.4, 0.5) is 10.1 Å². The number of amidine groups is 1. The normalized spacial score (nSPS) is 17.5. The zero-order chi connectivity index (χ0) is 18.8. The van der Waals surface area contributed by atoms with Gasteiger partial charge in [-0.1, -0.05) is 0 Å². The third kappa shape index (κ3) is 4.22. The first-order valence-electron chi connectivity index (χ1n) is 7.62. The minimum atomic E-state index is -0.333. The monoisotopic (exact) mass is 594 g/mol. The van der Waals surface area contributed by atoms with E-state index in [1.165, 1.54) is 23.9 Å². The second-order valence-corrected chi connectivity index (χ2v) is 8.77. The van der Waals surface area contributed by atoms with Crippen molar-refractivity contribution in [3.63, 3.8) is 0 Å². The van der Waals surface area contributed by atoms with Crippen LogP contribution in [0.1, 0.15) is 12.5 Å². The number of hydrogen-bond acceptors (Lipinski definition) is 4. The van der Waals surface area contributed by atoms with Gasteiger partial charge in [0.15, 0.2) is 5.17 Å². The first kappa shape index (κ1) is 19.6. The average molecular weight is 594 g/mol. The highest BCUT2D eigenvalue weighted by atomic mass is 127. The molecule has 1 saturated heterocycles. The van der Waals surface area contributed by atoms with E-state index in [-0.39, 0.29) is 17.5 Å². The van der Waals surface area contributed by atoms with Crippen LogP contribution in [0.3, 0.4) is 0 Å². The fourth-order valence-electron chi connectivity index (χ4n) is 2.33. The number of nitrogens with zero attached hydrogens (tertiary/aromatic N) is 2. The van der Waals surface area contributed by atoms with Gasteiger partial charge < -0.3 is 5.11 Å². The Morgan fingerprint density at radius 2 is 1.96 bits per heavy atom. The first-order valence-corrected chi connectivity index (χ1v) is 10.6. The van der Waals surface area contributed by atoms with Gasteiger partial charge in [-0.15, -0.1) is 0 Å². The zero-order valence-corrected chi connectivity index (χ0v) is 18.7. The Bertz CT molecular complexity index is 930. The lowest BCUT2D eigenvalue weighted by Gasteiger charge is -2.12. The van der Waals surface area contributed by atoms with Crippen molar-refractivity contribution >= 4 is 79.8 Å². The fraction of sp³-hybridized carbons (Fsp3) is 0.111. The molecular weight excluding hydrogens is 581 g/mol. The molecule has 1 aliphatic heterocycles. The van der Waals surface area contributed by atoms with Gasteiger partial charge in [-0.3, -0.25) is 9.69 Å². The number of aromatic hydroxyl groups is 1. The zero-order valence-electron chi connectivity index (χ0n) is 13.5. The van der Waals surface area contributed by atoms with Gasteiger partial charge >= 0.3 is 0 Å². The number of halogens is 3. The molecule has 0 aromatic heterocycles. The number of phenols is 1. The number of amides is 1. The highest BCUT2D eigenvalue weighted by molar-refractivity contribution is 14.1. The van der Waals surface area contributed by atoms with Crippen LogP contribution in [-0.2, 0) is 4.79 Å². The number of thioether (sulfide) groups is 1. The van der Waals surface area contributed by atoms with Crippen molar-refractivity contribution in [3.05, 3.63) is 59.8 Å². The minimum absolute atomic E-state index is 0.152. The first-order chi connectivity index (χ1) is 12.4. The number of carbonyl (C=O) groups is 1. The summed E-state index contributed by atoms with van der Waals surface area (Å²) in [6.07, 6.45) is 1.68. The number of phenolic OH excluding ortho intramolecular Hbond substituents is 1. The van der Waals surface area contributed by atoms with Crippen LogP contribution >= 0.6 is 56.9 Å². The molecule has 0 aliphatic carbocycles. The molecule has 1 N–H and O–H groups in total. The third-order valence-corrected chi connectivity index (χ3v) is 6.05. The van der Waals surface area contributed by atoms with E-state index in [4.69, 9.17) is 0 Å². The fourth-order valence-corrected chi connectivity index (χ4v) is 5.28. The van der Waals surface area contributed by atoms with Gasteiger partial charge in [-0.05, 0) is 106 Å². The molecule has 0 unspecified atom stereocenters. The molecule has 0 spiro atoms. The Balaban J connectivity index is 1.98. The second kappa shape index (κ2) is 8.26. The van der Waals surface area contributed by atoms with Crippen LogP contribution in [-0.4, -0.2) is 27.6 Å². The molecule has 26 heavy (non-hydrogen) atoms. The number of carbonyl (C=O) groups excluding carboxylic acids is 1. The maximum Gasteiger partial charge on any atom is 0.266 e. The van der Waals surface area contributed by atoms with Crippen LogP contribution in [0.5, 0.6) is 5.75 Å². The summed E-state index contributed by atoms with van der Waals surface area (Å²) in [5.41, 5.74) is 1.17. The van der Waals surface area contributed by atoms with E-state index < -0.39 is 0 Å². The molecule has 1 amide bonds. The van der Waals surface area contributed by atoms with E-state index in [1.807, 2.05) is 19.1 Å². The summed E-state index contributed by atoms with van der Waals surface area (Å²) in [4.78, 5) is 19.2. The van der Waals surface area contributed by atoms with Crippen molar-refractivity contribution in [1.29, 1.82) is 0 Å². The number of likely N-dealkylation sites (N-methyl/N-ethyl adjacent to an activating group) is 1. The summed E-state index contributed by atoms with van der Waals surface area (Å²) >= 11 is 5.47. The summed E-state index contributed by atoms with van der Waals surface area (Å²) < 4.78 is 14.8. The molecule has 4 nitrogen and oxygen atoms in total. The SMILES string of the molecule is CCN1C(=O)/C(=C\c2cc(I)cc(I)c2O)SC1=Nc1ccc(F)cc1. The third-order valence-electron chi connectivity index (χ3n) is 3.60. The Hall–Kier alpha value is -1.14. The average Bonchev–Trinajstić information content (AvgIpc) is 2.89. The molecule has 134 valence electrons. The molecule has 0 bridgehead atoms. The second-order valence-electron chi connectivity index (χ2n) is 5.36.